The quantitative estimate of drug-likeness (QED) is 0.893. The summed E-state index contributed by atoms with van der Waals surface area (Å²) in [6.45, 7) is 7.66. The summed E-state index contributed by atoms with van der Waals surface area (Å²) in [6.07, 6.45) is 0.848. The van der Waals surface area contributed by atoms with Crippen molar-refractivity contribution in [3.8, 4) is 0 Å². The number of anilines is 1. The molecule has 0 aliphatic heterocycles. The molecule has 1 unspecified atom stereocenters. The van der Waals surface area contributed by atoms with Crippen molar-refractivity contribution in [1.29, 1.82) is 0 Å². The smallest absolute Gasteiger partial charge is 0.223 e. The molecule has 0 aromatic carbocycles. The Bertz CT molecular complexity index is 517. The van der Waals surface area contributed by atoms with Crippen LogP contribution < -0.4 is 5.32 Å². The summed E-state index contributed by atoms with van der Waals surface area (Å²) < 4.78 is 5.00. The Hall–Kier alpha value is -1.98. The van der Waals surface area contributed by atoms with Gasteiger partial charge in [0.15, 0.2) is 5.82 Å². The van der Waals surface area contributed by atoms with Gasteiger partial charge in [0.1, 0.15) is 11.6 Å². The van der Waals surface area contributed by atoms with E-state index in [-0.39, 0.29) is 6.04 Å². The molecule has 96 valence electrons. The van der Waals surface area contributed by atoms with Crippen LogP contribution in [0.1, 0.15) is 42.6 Å². The molecule has 0 amide bonds. The van der Waals surface area contributed by atoms with Crippen LogP contribution in [-0.2, 0) is 0 Å². The van der Waals surface area contributed by atoms with Gasteiger partial charge in [-0.05, 0) is 20.3 Å². The van der Waals surface area contributed by atoms with E-state index in [9.17, 15) is 0 Å². The van der Waals surface area contributed by atoms with Crippen molar-refractivity contribution in [3.05, 3.63) is 29.3 Å². The van der Waals surface area contributed by atoms with Gasteiger partial charge in [0.25, 0.3) is 0 Å². The molecular weight excluding hydrogens is 230 g/mol. The fourth-order valence-corrected chi connectivity index (χ4v) is 1.78. The van der Waals surface area contributed by atoms with Crippen LogP contribution in [-0.4, -0.2) is 20.1 Å². The lowest BCUT2D eigenvalue weighted by Gasteiger charge is -2.14. The van der Waals surface area contributed by atoms with Gasteiger partial charge in [0.2, 0.25) is 5.89 Å². The lowest BCUT2D eigenvalue weighted by Crippen LogP contribution is -2.13. The number of nitrogens with one attached hydrogen (secondary N) is 1. The van der Waals surface area contributed by atoms with Crippen molar-refractivity contribution in [3.63, 3.8) is 0 Å². The van der Waals surface area contributed by atoms with E-state index in [1.165, 1.54) is 0 Å². The van der Waals surface area contributed by atoms with Crippen LogP contribution in [0.2, 0.25) is 0 Å². The lowest BCUT2D eigenvalue weighted by atomic mass is 10.2. The van der Waals surface area contributed by atoms with Gasteiger partial charge in [-0.1, -0.05) is 12.1 Å². The third kappa shape index (κ3) is 2.82. The van der Waals surface area contributed by atoms with Gasteiger partial charge in [0, 0.05) is 18.7 Å². The molecule has 0 saturated heterocycles. The first-order chi connectivity index (χ1) is 8.58. The Balaban J connectivity index is 2.20. The second kappa shape index (κ2) is 5.12. The molecule has 0 bridgehead atoms. The average molecular weight is 247 g/mol. The first-order valence-electron chi connectivity index (χ1n) is 5.97. The molecule has 2 aromatic rings. The fourth-order valence-electron chi connectivity index (χ4n) is 1.78. The monoisotopic (exact) mass is 247 g/mol. The van der Waals surface area contributed by atoms with Crippen molar-refractivity contribution >= 4 is 5.82 Å². The summed E-state index contributed by atoms with van der Waals surface area (Å²) in [4.78, 5) is 12.8. The summed E-state index contributed by atoms with van der Waals surface area (Å²) in [5.74, 6) is 2.76. The molecule has 6 nitrogen and oxygen atoms in total. The molecule has 0 radical (unpaired) electrons. The Morgan fingerprint density at radius 2 is 2.00 bits per heavy atom. The van der Waals surface area contributed by atoms with Gasteiger partial charge in [-0.2, -0.15) is 4.98 Å². The maximum Gasteiger partial charge on any atom is 0.223 e. The van der Waals surface area contributed by atoms with Crippen LogP contribution in [0.15, 0.2) is 10.6 Å². The van der Waals surface area contributed by atoms with Crippen molar-refractivity contribution in [1.82, 2.24) is 20.1 Å². The SMILES string of the molecule is CCC(Nc1cc(C)nc(C)n1)c1noc(C)n1. The third-order valence-electron chi connectivity index (χ3n) is 2.55. The molecule has 0 saturated carbocycles. The molecule has 0 fully saturated rings. The number of aryl methyl sites for hydroxylation is 3. The Morgan fingerprint density at radius 3 is 2.56 bits per heavy atom. The van der Waals surface area contributed by atoms with Gasteiger partial charge in [-0.25, -0.2) is 9.97 Å². The summed E-state index contributed by atoms with van der Waals surface area (Å²) in [5, 5.41) is 7.24. The summed E-state index contributed by atoms with van der Waals surface area (Å²) in [5.41, 5.74) is 0.934. The number of hydrogen-bond acceptors (Lipinski definition) is 6. The number of hydrogen-bond donors (Lipinski definition) is 1. The molecule has 0 aliphatic rings. The molecule has 2 heterocycles. The van der Waals surface area contributed by atoms with Crippen molar-refractivity contribution < 1.29 is 4.52 Å². The van der Waals surface area contributed by atoms with Gasteiger partial charge < -0.3 is 9.84 Å². The van der Waals surface area contributed by atoms with Crippen molar-refractivity contribution in [2.75, 3.05) is 5.32 Å². The van der Waals surface area contributed by atoms with Gasteiger partial charge >= 0.3 is 0 Å². The van der Waals surface area contributed by atoms with Crippen LogP contribution in [0.3, 0.4) is 0 Å². The Kier molecular flexibility index (Phi) is 3.55. The van der Waals surface area contributed by atoms with E-state index in [1.54, 1.807) is 6.92 Å². The van der Waals surface area contributed by atoms with Gasteiger partial charge in [-0.3, -0.25) is 0 Å². The fraction of sp³-hybridized carbons (Fsp3) is 0.500. The van der Waals surface area contributed by atoms with E-state index in [2.05, 4.69) is 32.3 Å². The molecule has 0 aliphatic carbocycles. The molecule has 6 heteroatoms. The summed E-state index contributed by atoms with van der Waals surface area (Å²) >= 11 is 0. The van der Waals surface area contributed by atoms with Crippen LogP contribution in [0, 0.1) is 20.8 Å². The predicted octanol–water partition coefficient (Wildman–Crippen LogP) is 2.35. The molecule has 1 N–H and O–H groups in total. The average Bonchev–Trinajstić information content (AvgIpc) is 2.71. The predicted molar refractivity (Wildman–Crippen MR) is 67.2 cm³/mol. The minimum atomic E-state index is -0.00356. The Morgan fingerprint density at radius 1 is 1.22 bits per heavy atom. The summed E-state index contributed by atoms with van der Waals surface area (Å²) in [6, 6.07) is 1.90. The van der Waals surface area contributed by atoms with E-state index in [0.29, 0.717) is 11.7 Å². The zero-order valence-corrected chi connectivity index (χ0v) is 11.1. The Labute approximate surface area is 106 Å². The topological polar surface area (TPSA) is 76.7 Å². The van der Waals surface area contributed by atoms with E-state index in [4.69, 9.17) is 4.52 Å². The standard InChI is InChI=1S/C12H17N5O/c1-5-10(12-15-9(4)18-17-12)16-11-6-7(2)13-8(3)14-11/h6,10H,5H2,1-4H3,(H,13,14,16). The van der Waals surface area contributed by atoms with E-state index in [1.807, 2.05) is 19.9 Å². The lowest BCUT2D eigenvalue weighted by molar-refractivity contribution is 0.384. The first-order valence-corrected chi connectivity index (χ1v) is 5.97. The first kappa shape index (κ1) is 12.5. The number of aromatic nitrogens is 4. The van der Waals surface area contributed by atoms with Gasteiger partial charge in [-0.15, -0.1) is 0 Å². The minimum Gasteiger partial charge on any atom is -0.360 e. The molecule has 2 aromatic heterocycles. The van der Waals surface area contributed by atoms with Crippen molar-refractivity contribution in [2.45, 2.75) is 40.2 Å². The minimum absolute atomic E-state index is 0.00356. The highest BCUT2D eigenvalue weighted by molar-refractivity contribution is 5.37. The second-order valence-corrected chi connectivity index (χ2v) is 4.22. The molecule has 18 heavy (non-hydrogen) atoms. The highest BCUT2D eigenvalue weighted by Gasteiger charge is 2.16. The highest BCUT2D eigenvalue weighted by atomic mass is 16.5. The van der Waals surface area contributed by atoms with Crippen LogP contribution in [0.25, 0.3) is 0 Å². The molecule has 1 atom stereocenters. The zero-order chi connectivity index (χ0) is 13.1. The highest BCUT2D eigenvalue weighted by Crippen LogP contribution is 2.19. The van der Waals surface area contributed by atoms with Gasteiger partial charge in [0.05, 0.1) is 6.04 Å². The number of rotatable bonds is 4. The number of nitrogens with zero attached hydrogens (tertiary/aromatic N) is 4. The normalized spacial score (nSPS) is 12.4. The third-order valence-corrected chi connectivity index (χ3v) is 2.55. The maximum atomic E-state index is 5.00. The second-order valence-electron chi connectivity index (χ2n) is 4.22. The summed E-state index contributed by atoms with van der Waals surface area (Å²) in [7, 11) is 0. The molecule has 0 spiro atoms. The van der Waals surface area contributed by atoms with E-state index >= 15 is 0 Å². The van der Waals surface area contributed by atoms with Crippen LogP contribution >= 0.6 is 0 Å². The van der Waals surface area contributed by atoms with E-state index < -0.39 is 0 Å². The molecular formula is C12H17N5O. The largest absolute Gasteiger partial charge is 0.360 e. The zero-order valence-electron chi connectivity index (χ0n) is 11.1. The van der Waals surface area contributed by atoms with Crippen LogP contribution in [0.5, 0.6) is 0 Å². The van der Waals surface area contributed by atoms with Crippen molar-refractivity contribution in [2.24, 2.45) is 0 Å². The maximum absolute atomic E-state index is 5.00. The van der Waals surface area contributed by atoms with E-state index in [0.717, 1.165) is 23.8 Å². The molecule has 2 rings (SSSR count). The van der Waals surface area contributed by atoms with Crippen LogP contribution in [0.4, 0.5) is 5.82 Å².